The Kier molecular flexibility index (Phi) is 8.16. The monoisotopic (exact) mass is 496 g/mol. The van der Waals surface area contributed by atoms with Crippen molar-refractivity contribution in [2.45, 2.75) is 18.7 Å². The minimum absolute atomic E-state index is 0.0246. The maximum absolute atomic E-state index is 13.5. The van der Waals surface area contributed by atoms with Gasteiger partial charge in [-0.15, -0.1) is 0 Å². The Morgan fingerprint density at radius 3 is 2.37 bits per heavy atom. The van der Waals surface area contributed by atoms with E-state index in [-0.39, 0.29) is 16.3 Å². The molecular weight excluding hydrogens is 472 g/mol. The standard InChI is InChI=1S/C24H24N4O6S/c1-3-34-23-7-5-4-6-22(23)27(35(32,33)21-14-8-18(2)9-15-21)17-24(29)26-25-16-19-10-12-20(13-11-19)28(30)31/h4-16H,3,17H2,1-2H3,(H,26,29)/b25-16-. The van der Waals surface area contributed by atoms with Crippen LogP contribution in [-0.2, 0) is 14.8 Å². The first-order valence-electron chi connectivity index (χ1n) is 10.6. The number of non-ortho nitro benzene ring substituents is 1. The number of carbonyl (C=O) groups excluding carboxylic acids is 1. The highest BCUT2D eigenvalue weighted by Gasteiger charge is 2.29. The lowest BCUT2D eigenvalue weighted by atomic mass is 10.2. The molecule has 11 heteroatoms. The number of hydrogen-bond donors (Lipinski definition) is 1. The molecular formula is C24H24N4O6S. The predicted molar refractivity (Wildman–Crippen MR) is 132 cm³/mol. The average Bonchev–Trinajstić information content (AvgIpc) is 2.84. The third-order valence-corrected chi connectivity index (χ3v) is 6.61. The molecule has 1 amide bonds. The van der Waals surface area contributed by atoms with E-state index in [2.05, 4.69) is 10.5 Å². The average molecular weight is 497 g/mol. The van der Waals surface area contributed by atoms with Crippen molar-refractivity contribution in [3.63, 3.8) is 0 Å². The summed E-state index contributed by atoms with van der Waals surface area (Å²) in [5.74, 6) is -0.377. The third-order valence-electron chi connectivity index (χ3n) is 4.84. The summed E-state index contributed by atoms with van der Waals surface area (Å²) >= 11 is 0. The number of hydrogen-bond acceptors (Lipinski definition) is 7. The van der Waals surface area contributed by atoms with Crippen LogP contribution in [-0.4, -0.2) is 38.6 Å². The number of ether oxygens (including phenoxy) is 1. The zero-order chi connectivity index (χ0) is 25.4. The minimum atomic E-state index is -4.12. The van der Waals surface area contributed by atoms with Crippen LogP contribution >= 0.6 is 0 Å². The Hall–Kier alpha value is -4.25. The molecule has 3 aromatic carbocycles. The van der Waals surface area contributed by atoms with Crippen LogP contribution in [0, 0.1) is 17.0 Å². The van der Waals surface area contributed by atoms with Gasteiger partial charge < -0.3 is 4.74 Å². The van der Waals surface area contributed by atoms with E-state index in [1.807, 2.05) is 6.92 Å². The minimum Gasteiger partial charge on any atom is -0.492 e. The highest BCUT2D eigenvalue weighted by Crippen LogP contribution is 2.32. The highest BCUT2D eigenvalue weighted by atomic mass is 32.2. The lowest BCUT2D eigenvalue weighted by Crippen LogP contribution is -2.39. The molecule has 3 rings (SSSR count). The van der Waals surface area contributed by atoms with Crippen LogP contribution < -0.4 is 14.5 Å². The van der Waals surface area contributed by atoms with E-state index < -0.39 is 27.4 Å². The normalized spacial score (nSPS) is 11.3. The lowest BCUT2D eigenvalue weighted by molar-refractivity contribution is -0.384. The number of carbonyl (C=O) groups is 1. The first kappa shape index (κ1) is 25.4. The second kappa shape index (κ2) is 11.3. The van der Waals surface area contributed by atoms with Gasteiger partial charge in [-0.05, 0) is 55.8 Å². The van der Waals surface area contributed by atoms with Gasteiger partial charge >= 0.3 is 0 Å². The first-order valence-corrected chi connectivity index (χ1v) is 12.0. The summed E-state index contributed by atoms with van der Waals surface area (Å²) in [6.07, 6.45) is 1.30. The fourth-order valence-electron chi connectivity index (χ4n) is 3.10. The largest absolute Gasteiger partial charge is 0.492 e. The van der Waals surface area contributed by atoms with Crippen LogP contribution in [0.3, 0.4) is 0 Å². The molecule has 0 atom stereocenters. The molecule has 0 bridgehead atoms. The summed E-state index contributed by atoms with van der Waals surface area (Å²) in [5.41, 5.74) is 3.85. The van der Waals surface area contributed by atoms with Crippen molar-refractivity contribution < 1.29 is 22.9 Å². The number of amides is 1. The fraction of sp³-hybridized carbons (Fsp3) is 0.167. The maximum atomic E-state index is 13.5. The van der Waals surface area contributed by atoms with E-state index in [0.717, 1.165) is 9.87 Å². The van der Waals surface area contributed by atoms with Gasteiger partial charge in [0, 0.05) is 12.1 Å². The second-order valence-corrected chi connectivity index (χ2v) is 9.23. The number of anilines is 1. The molecule has 10 nitrogen and oxygen atoms in total. The van der Waals surface area contributed by atoms with Crippen molar-refractivity contribution in [1.82, 2.24) is 5.43 Å². The Balaban J connectivity index is 1.86. The SMILES string of the molecule is CCOc1ccccc1N(CC(=O)N/N=C\c1ccc([N+](=O)[O-])cc1)S(=O)(=O)c1ccc(C)cc1. The van der Waals surface area contributed by atoms with Crippen molar-refractivity contribution in [3.05, 3.63) is 94.0 Å². The predicted octanol–water partition coefficient (Wildman–Crippen LogP) is 3.65. The van der Waals surface area contributed by atoms with E-state index in [9.17, 15) is 23.3 Å². The van der Waals surface area contributed by atoms with Crippen molar-refractivity contribution in [2.75, 3.05) is 17.5 Å². The van der Waals surface area contributed by atoms with Gasteiger partial charge in [0.05, 0.1) is 28.3 Å². The maximum Gasteiger partial charge on any atom is 0.269 e. The van der Waals surface area contributed by atoms with Crippen molar-refractivity contribution in [3.8, 4) is 5.75 Å². The molecule has 0 unspecified atom stereocenters. The highest BCUT2D eigenvalue weighted by molar-refractivity contribution is 7.92. The van der Waals surface area contributed by atoms with E-state index in [1.54, 1.807) is 43.3 Å². The smallest absolute Gasteiger partial charge is 0.269 e. The number of nitrogens with zero attached hydrogens (tertiary/aromatic N) is 3. The Labute approximate surface area is 203 Å². The van der Waals surface area contributed by atoms with E-state index in [1.165, 1.54) is 42.6 Å². The molecule has 0 heterocycles. The summed E-state index contributed by atoms with van der Waals surface area (Å²) < 4.78 is 33.6. The molecule has 0 aromatic heterocycles. The zero-order valence-corrected chi connectivity index (χ0v) is 19.9. The molecule has 0 aliphatic heterocycles. The molecule has 0 fully saturated rings. The van der Waals surface area contributed by atoms with Gasteiger partial charge in [-0.2, -0.15) is 5.10 Å². The number of aryl methyl sites for hydroxylation is 1. The number of nitro benzene ring substituents is 1. The second-order valence-electron chi connectivity index (χ2n) is 7.37. The molecule has 0 aliphatic carbocycles. The van der Waals surface area contributed by atoms with Crippen LogP contribution in [0.4, 0.5) is 11.4 Å². The van der Waals surface area contributed by atoms with Gasteiger partial charge in [-0.25, -0.2) is 13.8 Å². The molecule has 1 N–H and O–H groups in total. The fourth-order valence-corrected chi connectivity index (χ4v) is 4.54. The van der Waals surface area contributed by atoms with E-state index in [4.69, 9.17) is 4.74 Å². The Morgan fingerprint density at radius 2 is 1.74 bits per heavy atom. The number of para-hydroxylation sites is 2. The van der Waals surface area contributed by atoms with Gasteiger partial charge in [0.1, 0.15) is 12.3 Å². The third kappa shape index (κ3) is 6.42. The van der Waals surface area contributed by atoms with Crippen LogP contribution in [0.5, 0.6) is 5.75 Å². The summed E-state index contributed by atoms with van der Waals surface area (Å²) in [4.78, 5) is 23.0. The number of rotatable bonds is 10. The summed E-state index contributed by atoms with van der Waals surface area (Å²) in [6.45, 7) is 3.36. The molecule has 35 heavy (non-hydrogen) atoms. The van der Waals surface area contributed by atoms with Crippen molar-refractivity contribution >= 4 is 33.5 Å². The molecule has 0 radical (unpaired) electrons. The van der Waals surface area contributed by atoms with Gasteiger partial charge in [0.2, 0.25) is 0 Å². The van der Waals surface area contributed by atoms with Crippen LogP contribution in [0.1, 0.15) is 18.1 Å². The lowest BCUT2D eigenvalue weighted by Gasteiger charge is -2.25. The Morgan fingerprint density at radius 1 is 1.09 bits per heavy atom. The van der Waals surface area contributed by atoms with Gasteiger partial charge in [-0.3, -0.25) is 19.2 Å². The van der Waals surface area contributed by atoms with Gasteiger partial charge in [0.15, 0.2) is 0 Å². The zero-order valence-electron chi connectivity index (χ0n) is 19.1. The van der Waals surface area contributed by atoms with Crippen molar-refractivity contribution in [1.29, 1.82) is 0 Å². The molecule has 3 aromatic rings. The van der Waals surface area contributed by atoms with Crippen LogP contribution in [0.15, 0.2) is 82.8 Å². The topological polar surface area (TPSA) is 131 Å². The molecule has 182 valence electrons. The quantitative estimate of drug-likeness (QED) is 0.259. The summed E-state index contributed by atoms with van der Waals surface area (Å²) in [6, 6.07) is 18.4. The molecule has 0 aliphatic rings. The number of nitro groups is 1. The van der Waals surface area contributed by atoms with E-state index >= 15 is 0 Å². The van der Waals surface area contributed by atoms with Crippen LogP contribution in [0.2, 0.25) is 0 Å². The van der Waals surface area contributed by atoms with Crippen molar-refractivity contribution in [2.24, 2.45) is 5.10 Å². The number of hydrazone groups is 1. The molecule has 0 saturated heterocycles. The van der Waals surface area contributed by atoms with E-state index in [0.29, 0.717) is 17.9 Å². The van der Waals surface area contributed by atoms with Crippen LogP contribution in [0.25, 0.3) is 0 Å². The number of benzene rings is 3. The summed E-state index contributed by atoms with van der Waals surface area (Å²) in [7, 11) is -4.12. The molecule has 0 spiro atoms. The summed E-state index contributed by atoms with van der Waals surface area (Å²) in [5, 5.41) is 14.6. The molecule has 0 saturated carbocycles. The number of nitrogens with one attached hydrogen (secondary N) is 1. The Bertz CT molecular complexity index is 1320. The first-order chi connectivity index (χ1) is 16.7. The van der Waals surface area contributed by atoms with Gasteiger partial charge in [-0.1, -0.05) is 29.8 Å². The van der Waals surface area contributed by atoms with Gasteiger partial charge in [0.25, 0.3) is 21.6 Å². The number of sulfonamides is 1.